The van der Waals surface area contributed by atoms with E-state index in [2.05, 4.69) is 39.6 Å². The first-order valence-electron chi connectivity index (χ1n) is 6.55. The fourth-order valence-electron chi connectivity index (χ4n) is 2.21. The van der Waals surface area contributed by atoms with Crippen LogP contribution in [0.5, 0.6) is 0 Å². The minimum atomic E-state index is 0.154. The molecule has 1 aromatic carbocycles. The number of rotatable bonds is 2. The van der Waals surface area contributed by atoms with E-state index in [-0.39, 0.29) is 6.10 Å². The van der Waals surface area contributed by atoms with Gasteiger partial charge in [-0.1, -0.05) is 24.3 Å². The molecule has 19 heavy (non-hydrogen) atoms. The van der Waals surface area contributed by atoms with Crippen LogP contribution in [0.15, 0.2) is 36.5 Å². The highest BCUT2D eigenvalue weighted by atomic mass is 16.5. The molecule has 0 bridgehead atoms. The van der Waals surface area contributed by atoms with Crippen molar-refractivity contribution in [3.63, 3.8) is 0 Å². The summed E-state index contributed by atoms with van der Waals surface area (Å²) < 4.78 is 5.73. The van der Waals surface area contributed by atoms with Crippen LogP contribution in [-0.2, 0) is 4.74 Å². The lowest BCUT2D eigenvalue weighted by molar-refractivity contribution is 0.0277. The molecule has 1 unspecified atom stereocenters. The van der Waals surface area contributed by atoms with E-state index in [1.54, 1.807) is 6.20 Å². The molecule has 3 rings (SSSR count). The molecule has 1 saturated heterocycles. The molecule has 1 N–H and O–H groups in total. The molecule has 98 valence electrons. The number of hydrogen-bond donors (Lipinski definition) is 1. The Hall–Kier alpha value is -1.78. The van der Waals surface area contributed by atoms with Crippen LogP contribution < -0.4 is 5.32 Å². The summed E-state index contributed by atoms with van der Waals surface area (Å²) in [5.74, 6) is 0.772. The van der Waals surface area contributed by atoms with E-state index >= 15 is 0 Å². The molecule has 1 aliphatic rings. The average molecular weight is 255 g/mol. The Morgan fingerprint density at radius 3 is 2.74 bits per heavy atom. The van der Waals surface area contributed by atoms with Gasteiger partial charge in [0, 0.05) is 30.5 Å². The van der Waals surface area contributed by atoms with E-state index in [1.807, 2.05) is 13.0 Å². The molecule has 0 saturated carbocycles. The predicted molar refractivity (Wildman–Crippen MR) is 73.8 cm³/mol. The van der Waals surface area contributed by atoms with Crippen LogP contribution >= 0.6 is 0 Å². The lowest BCUT2D eigenvalue weighted by Crippen LogP contribution is -2.33. The summed E-state index contributed by atoms with van der Waals surface area (Å²) in [7, 11) is 0. The van der Waals surface area contributed by atoms with E-state index in [9.17, 15) is 0 Å². The Morgan fingerprint density at radius 2 is 2.05 bits per heavy atom. The Kier molecular flexibility index (Phi) is 3.53. The van der Waals surface area contributed by atoms with Crippen LogP contribution in [0, 0.1) is 6.92 Å². The molecule has 1 fully saturated rings. The topological polar surface area (TPSA) is 47.0 Å². The number of benzene rings is 1. The predicted octanol–water partition coefficient (Wildman–Crippen LogP) is 2.11. The first-order valence-corrected chi connectivity index (χ1v) is 6.55. The molecule has 1 atom stereocenters. The van der Waals surface area contributed by atoms with Crippen molar-refractivity contribution >= 4 is 0 Å². The third-order valence-electron chi connectivity index (χ3n) is 3.26. The smallest absolute Gasteiger partial charge is 0.159 e. The molecule has 0 spiro atoms. The fourth-order valence-corrected chi connectivity index (χ4v) is 2.21. The molecule has 1 aliphatic heterocycles. The lowest BCUT2D eigenvalue weighted by Gasteiger charge is -2.24. The molecule has 0 radical (unpaired) electrons. The summed E-state index contributed by atoms with van der Waals surface area (Å²) in [6.45, 7) is 4.56. The van der Waals surface area contributed by atoms with E-state index in [0.29, 0.717) is 0 Å². The van der Waals surface area contributed by atoms with E-state index in [0.717, 1.165) is 36.8 Å². The first kappa shape index (κ1) is 12.3. The van der Waals surface area contributed by atoms with E-state index in [1.165, 1.54) is 5.56 Å². The summed E-state index contributed by atoms with van der Waals surface area (Å²) in [5.41, 5.74) is 3.22. The van der Waals surface area contributed by atoms with Crippen LogP contribution in [-0.4, -0.2) is 29.7 Å². The quantitative estimate of drug-likeness (QED) is 0.893. The van der Waals surface area contributed by atoms with Crippen molar-refractivity contribution in [3.05, 3.63) is 47.8 Å². The van der Waals surface area contributed by atoms with Crippen molar-refractivity contribution in [2.75, 3.05) is 19.7 Å². The van der Waals surface area contributed by atoms with Crippen LogP contribution in [0.4, 0.5) is 0 Å². The lowest BCUT2D eigenvalue weighted by atomic mass is 10.1. The average Bonchev–Trinajstić information content (AvgIpc) is 2.48. The monoisotopic (exact) mass is 255 g/mol. The van der Waals surface area contributed by atoms with Gasteiger partial charge in [0.15, 0.2) is 5.82 Å². The number of nitrogens with one attached hydrogen (secondary N) is 1. The summed E-state index contributed by atoms with van der Waals surface area (Å²) in [6.07, 6.45) is 1.95. The zero-order valence-corrected chi connectivity index (χ0v) is 11.0. The molecular weight excluding hydrogens is 238 g/mol. The maximum absolute atomic E-state index is 5.73. The normalized spacial score (nSPS) is 19.3. The van der Waals surface area contributed by atoms with Crippen molar-refractivity contribution in [1.82, 2.24) is 15.3 Å². The molecule has 2 heterocycles. The van der Waals surface area contributed by atoms with Crippen LogP contribution in [0.3, 0.4) is 0 Å². The Labute approximate surface area is 112 Å². The highest BCUT2D eigenvalue weighted by Gasteiger charge is 2.15. The second kappa shape index (κ2) is 5.47. The summed E-state index contributed by atoms with van der Waals surface area (Å²) in [6, 6.07) is 10.2. The van der Waals surface area contributed by atoms with Gasteiger partial charge in [-0.3, -0.25) is 0 Å². The van der Waals surface area contributed by atoms with Gasteiger partial charge in [-0.25, -0.2) is 9.97 Å². The highest BCUT2D eigenvalue weighted by Crippen LogP contribution is 2.22. The highest BCUT2D eigenvalue weighted by molar-refractivity contribution is 5.55. The van der Waals surface area contributed by atoms with Crippen molar-refractivity contribution in [3.8, 4) is 11.4 Å². The van der Waals surface area contributed by atoms with Crippen LogP contribution in [0.25, 0.3) is 11.4 Å². The molecule has 0 amide bonds. The van der Waals surface area contributed by atoms with Crippen LogP contribution in [0.2, 0.25) is 0 Å². The third kappa shape index (κ3) is 2.80. The van der Waals surface area contributed by atoms with Gasteiger partial charge >= 0.3 is 0 Å². The summed E-state index contributed by atoms with van der Waals surface area (Å²) in [5, 5.41) is 3.34. The molecule has 0 aliphatic carbocycles. The number of hydrogen-bond acceptors (Lipinski definition) is 4. The van der Waals surface area contributed by atoms with E-state index in [4.69, 9.17) is 4.74 Å². The van der Waals surface area contributed by atoms with Gasteiger partial charge in [-0.05, 0) is 18.6 Å². The number of aromatic nitrogens is 2. The Balaban J connectivity index is 1.82. The Morgan fingerprint density at radius 1 is 1.21 bits per heavy atom. The molecular formula is C15H17N3O. The van der Waals surface area contributed by atoms with Gasteiger partial charge in [0.1, 0.15) is 0 Å². The minimum Gasteiger partial charge on any atom is -0.371 e. The first-order chi connectivity index (χ1) is 9.33. The number of ether oxygens (including phenoxy) is 1. The second-order valence-corrected chi connectivity index (χ2v) is 4.71. The molecule has 4 nitrogen and oxygen atoms in total. The molecule has 1 aromatic heterocycles. The zero-order valence-electron chi connectivity index (χ0n) is 11.0. The third-order valence-corrected chi connectivity index (χ3v) is 3.26. The number of nitrogens with zero attached hydrogens (tertiary/aromatic N) is 2. The maximum atomic E-state index is 5.73. The van der Waals surface area contributed by atoms with Crippen molar-refractivity contribution in [1.29, 1.82) is 0 Å². The summed E-state index contributed by atoms with van der Waals surface area (Å²) in [4.78, 5) is 8.73. The van der Waals surface area contributed by atoms with Gasteiger partial charge in [0.25, 0.3) is 0 Å². The fraction of sp³-hybridized carbons (Fsp3) is 0.333. The molecule has 2 aromatic rings. The van der Waals surface area contributed by atoms with Gasteiger partial charge in [0.05, 0.1) is 12.7 Å². The maximum Gasteiger partial charge on any atom is 0.159 e. The van der Waals surface area contributed by atoms with Gasteiger partial charge in [0.2, 0.25) is 0 Å². The van der Waals surface area contributed by atoms with Crippen molar-refractivity contribution in [2.45, 2.75) is 13.0 Å². The minimum absolute atomic E-state index is 0.154. The zero-order chi connectivity index (χ0) is 13.1. The standard InChI is InChI=1S/C15H17N3O/c1-11-6-7-17-15(18-11)13-4-2-12(3-5-13)14-10-16-8-9-19-14/h2-7,14,16H,8-10H2,1H3. The largest absolute Gasteiger partial charge is 0.371 e. The van der Waals surface area contributed by atoms with Crippen molar-refractivity contribution < 1.29 is 4.74 Å². The Bertz CT molecular complexity index is 548. The molecule has 4 heteroatoms. The van der Waals surface area contributed by atoms with Gasteiger partial charge < -0.3 is 10.1 Å². The van der Waals surface area contributed by atoms with Crippen molar-refractivity contribution in [2.24, 2.45) is 0 Å². The SMILES string of the molecule is Cc1ccnc(-c2ccc(C3CNCCO3)cc2)n1. The second-order valence-electron chi connectivity index (χ2n) is 4.71. The van der Waals surface area contributed by atoms with Gasteiger partial charge in [-0.15, -0.1) is 0 Å². The summed E-state index contributed by atoms with van der Waals surface area (Å²) >= 11 is 0. The van der Waals surface area contributed by atoms with Crippen LogP contribution in [0.1, 0.15) is 17.4 Å². The van der Waals surface area contributed by atoms with Gasteiger partial charge in [-0.2, -0.15) is 0 Å². The number of aryl methyl sites for hydroxylation is 1. The number of morpholine rings is 1. The van der Waals surface area contributed by atoms with E-state index < -0.39 is 0 Å².